The molecule has 5 rings (SSSR count). The Morgan fingerprint density at radius 3 is 2.42 bits per heavy atom. The van der Waals surface area contributed by atoms with Crippen molar-refractivity contribution in [2.24, 2.45) is 5.73 Å². The second-order valence-corrected chi connectivity index (χ2v) is 7.04. The summed E-state index contributed by atoms with van der Waals surface area (Å²) in [6.07, 6.45) is 6.74. The summed E-state index contributed by atoms with van der Waals surface area (Å²) in [5, 5.41) is 5.09. The molecule has 0 aliphatic carbocycles. The number of aromatic nitrogens is 4. The first kappa shape index (κ1) is 18.6. The largest absolute Gasteiger partial charge is 0.364 e. The van der Waals surface area contributed by atoms with Crippen molar-refractivity contribution in [1.82, 2.24) is 19.7 Å². The first-order valence-corrected chi connectivity index (χ1v) is 9.54. The number of benzene rings is 2. The summed E-state index contributed by atoms with van der Waals surface area (Å²) in [7, 11) is 0. The summed E-state index contributed by atoms with van der Waals surface area (Å²) >= 11 is 0. The van der Waals surface area contributed by atoms with E-state index in [-0.39, 0.29) is 11.5 Å². The molecule has 3 heterocycles. The van der Waals surface area contributed by atoms with E-state index >= 15 is 0 Å². The van der Waals surface area contributed by atoms with Crippen molar-refractivity contribution in [3.8, 4) is 27.9 Å². The Hall–Kier alpha value is -4.39. The van der Waals surface area contributed by atoms with Crippen molar-refractivity contribution in [2.45, 2.75) is 0 Å². The Bertz CT molecular complexity index is 1430. The maximum Gasteiger partial charge on any atom is 0.269 e. The molecule has 0 bridgehead atoms. The monoisotopic (exact) mass is 409 g/mol. The number of nitrogens with two attached hydrogens (primary N) is 1. The standard InChI is InChI=1S/C24H16FN5O/c25-19-5-1-3-15(9-19)18-10-20(14-28-13-18)30-22-7-6-16(17-4-2-8-27-12-17)11-21(22)23(29-30)24(26)31/h1-14H,(H2,26,31). The molecule has 7 heteroatoms. The SMILES string of the molecule is NC(=O)c1nn(-c2cncc(-c3cccc(F)c3)c2)c2ccc(-c3cccnc3)cc12. The highest BCUT2D eigenvalue weighted by atomic mass is 19.1. The number of carbonyl (C=O) groups excluding carboxylic acids is 1. The molecule has 1 amide bonds. The van der Waals surface area contributed by atoms with Crippen molar-refractivity contribution in [3.05, 3.63) is 97.0 Å². The lowest BCUT2D eigenvalue weighted by Gasteiger charge is -2.07. The molecule has 5 aromatic rings. The lowest BCUT2D eigenvalue weighted by Crippen LogP contribution is -2.12. The fourth-order valence-corrected chi connectivity index (χ4v) is 3.58. The van der Waals surface area contributed by atoms with Gasteiger partial charge in [0.05, 0.1) is 17.4 Å². The van der Waals surface area contributed by atoms with Crippen molar-refractivity contribution in [2.75, 3.05) is 0 Å². The fourth-order valence-electron chi connectivity index (χ4n) is 3.58. The molecule has 0 radical (unpaired) electrons. The van der Waals surface area contributed by atoms with E-state index in [2.05, 4.69) is 15.1 Å². The summed E-state index contributed by atoms with van der Waals surface area (Å²) in [4.78, 5) is 20.5. The average Bonchev–Trinajstić information content (AvgIpc) is 3.19. The summed E-state index contributed by atoms with van der Waals surface area (Å²) in [5.74, 6) is -0.951. The van der Waals surface area contributed by atoms with E-state index in [1.54, 1.807) is 41.6 Å². The summed E-state index contributed by atoms with van der Waals surface area (Å²) in [6, 6.07) is 17.6. The van der Waals surface area contributed by atoms with E-state index in [0.29, 0.717) is 22.2 Å². The van der Waals surface area contributed by atoms with Crippen LogP contribution in [-0.4, -0.2) is 25.7 Å². The van der Waals surface area contributed by atoms with Crippen LogP contribution in [-0.2, 0) is 0 Å². The van der Waals surface area contributed by atoms with E-state index in [0.717, 1.165) is 16.7 Å². The average molecular weight is 409 g/mol. The van der Waals surface area contributed by atoms with Crippen molar-refractivity contribution < 1.29 is 9.18 Å². The van der Waals surface area contributed by atoms with Crippen LogP contribution in [0.1, 0.15) is 10.5 Å². The Labute approximate surface area is 176 Å². The molecule has 6 nitrogen and oxygen atoms in total. The van der Waals surface area contributed by atoms with Crippen LogP contribution in [0.15, 0.2) is 85.5 Å². The summed E-state index contributed by atoms with van der Waals surface area (Å²) in [6.45, 7) is 0. The van der Waals surface area contributed by atoms with Gasteiger partial charge in [0.2, 0.25) is 0 Å². The Morgan fingerprint density at radius 1 is 0.839 bits per heavy atom. The Kier molecular flexibility index (Phi) is 4.48. The zero-order valence-corrected chi connectivity index (χ0v) is 16.2. The van der Waals surface area contributed by atoms with Crippen molar-refractivity contribution in [3.63, 3.8) is 0 Å². The van der Waals surface area contributed by atoms with Gasteiger partial charge in [-0.2, -0.15) is 5.10 Å². The van der Waals surface area contributed by atoms with Gasteiger partial charge in [0, 0.05) is 35.1 Å². The van der Waals surface area contributed by atoms with Gasteiger partial charge in [-0.15, -0.1) is 0 Å². The highest BCUT2D eigenvalue weighted by Crippen LogP contribution is 2.29. The number of carbonyl (C=O) groups is 1. The lowest BCUT2D eigenvalue weighted by molar-refractivity contribution is 0.0996. The second-order valence-electron chi connectivity index (χ2n) is 7.04. The first-order chi connectivity index (χ1) is 15.1. The molecule has 0 aliphatic heterocycles. The third-order valence-electron chi connectivity index (χ3n) is 5.03. The van der Waals surface area contributed by atoms with Gasteiger partial charge in [-0.25, -0.2) is 9.07 Å². The van der Waals surface area contributed by atoms with Crippen molar-refractivity contribution >= 4 is 16.8 Å². The number of amides is 1. The van der Waals surface area contributed by atoms with Gasteiger partial charge in [0.15, 0.2) is 5.69 Å². The molecule has 0 spiro atoms. The van der Waals surface area contributed by atoms with Crippen molar-refractivity contribution in [1.29, 1.82) is 0 Å². The molecule has 0 atom stereocenters. The zero-order valence-electron chi connectivity index (χ0n) is 16.2. The molecule has 0 fully saturated rings. The molecule has 3 aromatic heterocycles. The molecule has 150 valence electrons. The number of primary amides is 1. The van der Waals surface area contributed by atoms with Gasteiger partial charge in [-0.3, -0.25) is 14.8 Å². The second kappa shape index (κ2) is 7.46. The van der Waals surface area contributed by atoms with Crippen LogP contribution in [0.2, 0.25) is 0 Å². The highest BCUT2D eigenvalue weighted by Gasteiger charge is 2.17. The fraction of sp³-hybridized carbons (Fsp3) is 0. The molecule has 31 heavy (non-hydrogen) atoms. The van der Waals surface area contributed by atoms with Gasteiger partial charge in [0.1, 0.15) is 5.82 Å². The van der Waals surface area contributed by atoms with E-state index in [9.17, 15) is 9.18 Å². The number of pyridine rings is 2. The van der Waals surface area contributed by atoms with Gasteiger partial charge < -0.3 is 5.73 Å². The normalized spacial score (nSPS) is 11.0. The van der Waals surface area contributed by atoms with Crippen LogP contribution in [0.25, 0.3) is 38.8 Å². The van der Waals surface area contributed by atoms with E-state index in [1.165, 1.54) is 12.1 Å². The third-order valence-corrected chi connectivity index (χ3v) is 5.03. The van der Waals surface area contributed by atoms with Crippen LogP contribution in [0.5, 0.6) is 0 Å². The minimum absolute atomic E-state index is 0.164. The molecule has 0 saturated carbocycles. The molecular weight excluding hydrogens is 393 g/mol. The molecule has 0 aliphatic rings. The van der Waals surface area contributed by atoms with E-state index < -0.39 is 5.91 Å². The molecule has 0 saturated heterocycles. The maximum atomic E-state index is 13.7. The number of halogens is 1. The van der Waals surface area contributed by atoms with Gasteiger partial charge in [-0.1, -0.05) is 24.3 Å². The van der Waals surface area contributed by atoms with Crippen LogP contribution in [0, 0.1) is 5.82 Å². The zero-order chi connectivity index (χ0) is 21.4. The summed E-state index contributed by atoms with van der Waals surface area (Å²) < 4.78 is 15.3. The topological polar surface area (TPSA) is 86.7 Å². The number of hydrogen-bond acceptors (Lipinski definition) is 4. The van der Waals surface area contributed by atoms with Gasteiger partial charge in [0.25, 0.3) is 5.91 Å². The van der Waals surface area contributed by atoms with E-state index in [1.807, 2.05) is 36.4 Å². The van der Waals surface area contributed by atoms with Crippen LogP contribution >= 0.6 is 0 Å². The molecule has 2 aromatic carbocycles. The molecule has 0 unspecified atom stereocenters. The minimum Gasteiger partial charge on any atom is -0.364 e. The maximum absolute atomic E-state index is 13.7. The van der Waals surface area contributed by atoms with Crippen LogP contribution in [0.4, 0.5) is 4.39 Å². The number of nitrogens with zero attached hydrogens (tertiary/aromatic N) is 4. The predicted octanol–water partition coefficient (Wildman–Crippen LogP) is 4.39. The minimum atomic E-state index is -0.624. The third kappa shape index (κ3) is 3.42. The quantitative estimate of drug-likeness (QED) is 0.477. The predicted molar refractivity (Wildman–Crippen MR) is 116 cm³/mol. The summed E-state index contributed by atoms with van der Waals surface area (Å²) in [5.41, 5.74) is 10.4. The number of fused-ring (bicyclic) bond motifs is 1. The lowest BCUT2D eigenvalue weighted by atomic mass is 10.0. The number of hydrogen-bond donors (Lipinski definition) is 1. The van der Waals surface area contributed by atoms with E-state index in [4.69, 9.17) is 5.73 Å². The molecular formula is C24H16FN5O. The van der Waals surface area contributed by atoms with Crippen LogP contribution in [0.3, 0.4) is 0 Å². The van der Waals surface area contributed by atoms with Gasteiger partial charge in [-0.05, 0) is 47.5 Å². The smallest absolute Gasteiger partial charge is 0.269 e. The Morgan fingerprint density at radius 2 is 1.65 bits per heavy atom. The Balaban J connectivity index is 1.67. The molecule has 2 N–H and O–H groups in total. The van der Waals surface area contributed by atoms with Gasteiger partial charge >= 0.3 is 0 Å². The first-order valence-electron chi connectivity index (χ1n) is 9.54. The van der Waals surface area contributed by atoms with Crippen LogP contribution < -0.4 is 5.73 Å². The number of rotatable bonds is 4. The highest BCUT2D eigenvalue weighted by molar-refractivity contribution is 6.05.